The van der Waals surface area contributed by atoms with E-state index in [0.29, 0.717) is 16.1 Å². The minimum atomic E-state index is -1.24. The van der Waals surface area contributed by atoms with Crippen molar-refractivity contribution in [1.29, 1.82) is 0 Å². The number of aryl methyl sites for hydroxylation is 2. The number of carbonyl (C=O) groups is 4. The number of nitrogens with two attached hydrogens (primary N) is 1. The van der Waals surface area contributed by atoms with Gasteiger partial charge in [0.05, 0.1) is 5.56 Å². The molecule has 156 valence electrons. The van der Waals surface area contributed by atoms with Crippen LogP contribution in [0.3, 0.4) is 0 Å². The van der Waals surface area contributed by atoms with Crippen molar-refractivity contribution < 1.29 is 19.2 Å². The lowest BCUT2D eigenvalue weighted by Crippen LogP contribution is -2.42. The number of urea groups is 1. The van der Waals surface area contributed by atoms with Gasteiger partial charge in [0.15, 0.2) is 0 Å². The van der Waals surface area contributed by atoms with E-state index in [1.165, 1.54) is 11.3 Å². The number of nitrogens with zero attached hydrogens (tertiary/aromatic N) is 1. The molecule has 0 spiro atoms. The van der Waals surface area contributed by atoms with Gasteiger partial charge in [0.1, 0.15) is 17.1 Å². The summed E-state index contributed by atoms with van der Waals surface area (Å²) in [6.07, 6.45) is 2.55. The van der Waals surface area contributed by atoms with Crippen LogP contribution >= 0.6 is 11.3 Å². The topological polar surface area (TPSA) is 122 Å². The maximum atomic E-state index is 13.0. The number of rotatable bonds is 5. The Balaban J connectivity index is 1.52. The molecule has 5 amide bonds. The van der Waals surface area contributed by atoms with E-state index in [2.05, 4.69) is 10.6 Å². The molecule has 2 aromatic rings. The second-order valence-electron chi connectivity index (χ2n) is 7.79. The van der Waals surface area contributed by atoms with Crippen LogP contribution in [-0.2, 0) is 28.0 Å². The number of hydrogen-bond donors (Lipinski definition) is 3. The maximum Gasteiger partial charge on any atom is 0.325 e. The quantitative estimate of drug-likeness (QED) is 0.634. The molecule has 30 heavy (non-hydrogen) atoms. The lowest BCUT2D eigenvalue weighted by atomic mass is 9.91. The van der Waals surface area contributed by atoms with Gasteiger partial charge in [-0.1, -0.05) is 29.8 Å². The van der Waals surface area contributed by atoms with Crippen LogP contribution < -0.4 is 16.4 Å². The van der Waals surface area contributed by atoms with Crippen LogP contribution in [0.5, 0.6) is 0 Å². The van der Waals surface area contributed by atoms with E-state index in [9.17, 15) is 19.2 Å². The van der Waals surface area contributed by atoms with Crippen LogP contribution in [0.1, 0.15) is 45.3 Å². The third-order valence-electron chi connectivity index (χ3n) is 5.63. The zero-order valence-electron chi connectivity index (χ0n) is 16.7. The van der Waals surface area contributed by atoms with Crippen molar-refractivity contribution in [3.8, 4) is 0 Å². The van der Waals surface area contributed by atoms with Gasteiger partial charge in [-0.2, -0.15) is 0 Å². The number of amides is 5. The van der Waals surface area contributed by atoms with Gasteiger partial charge in [-0.3, -0.25) is 19.3 Å². The molecule has 0 unspecified atom stereocenters. The Bertz CT molecular complexity index is 1080. The van der Waals surface area contributed by atoms with Crippen molar-refractivity contribution in [3.05, 3.63) is 51.4 Å². The highest BCUT2D eigenvalue weighted by molar-refractivity contribution is 7.17. The number of nitrogens with one attached hydrogen (secondary N) is 2. The van der Waals surface area contributed by atoms with E-state index >= 15 is 0 Å². The molecule has 1 aromatic heterocycles. The first-order valence-electron chi connectivity index (χ1n) is 9.66. The average Bonchev–Trinajstić information content (AvgIpc) is 3.31. The molecule has 4 rings (SSSR count). The Labute approximate surface area is 177 Å². The molecule has 1 saturated heterocycles. The predicted octanol–water partition coefficient (Wildman–Crippen LogP) is 2.05. The molecular weight excluding hydrogens is 404 g/mol. The van der Waals surface area contributed by atoms with E-state index in [0.717, 1.165) is 40.2 Å². The van der Waals surface area contributed by atoms with Crippen molar-refractivity contribution in [3.63, 3.8) is 0 Å². The summed E-state index contributed by atoms with van der Waals surface area (Å²) in [5.41, 5.74) is 7.17. The standard InChI is InChI=1S/C21H22N4O4S/c1-11-6-8-12(9-7-11)21(2)19(28)25(20(29)24-21)10-15(26)23-18-16(17(22)27)13-4-3-5-14(13)30-18/h6-9H,3-5,10H2,1-2H3,(H2,22,27)(H,23,26)(H,24,29)/t21-/m1/s1. The normalized spacial score (nSPS) is 20.3. The van der Waals surface area contributed by atoms with Crippen LogP contribution in [-0.4, -0.2) is 35.2 Å². The highest BCUT2D eigenvalue weighted by Gasteiger charge is 2.49. The van der Waals surface area contributed by atoms with E-state index < -0.39 is 35.8 Å². The molecule has 1 atom stereocenters. The zero-order valence-corrected chi connectivity index (χ0v) is 17.5. The van der Waals surface area contributed by atoms with Crippen molar-refractivity contribution in [2.45, 2.75) is 38.6 Å². The molecule has 9 heteroatoms. The fourth-order valence-corrected chi connectivity index (χ4v) is 5.30. The molecule has 1 fully saturated rings. The van der Waals surface area contributed by atoms with Gasteiger partial charge in [0, 0.05) is 4.88 Å². The largest absolute Gasteiger partial charge is 0.365 e. The Morgan fingerprint density at radius 3 is 2.60 bits per heavy atom. The third-order valence-corrected chi connectivity index (χ3v) is 6.83. The summed E-state index contributed by atoms with van der Waals surface area (Å²) >= 11 is 1.33. The minimum Gasteiger partial charge on any atom is -0.365 e. The van der Waals surface area contributed by atoms with Gasteiger partial charge >= 0.3 is 6.03 Å². The van der Waals surface area contributed by atoms with Crippen LogP contribution in [0.25, 0.3) is 0 Å². The van der Waals surface area contributed by atoms with Crippen LogP contribution in [0.4, 0.5) is 9.80 Å². The molecule has 2 aliphatic rings. The lowest BCUT2D eigenvalue weighted by molar-refractivity contribution is -0.133. The molecule has 0 bridgehead atoms. The van der Waals surface area contributed by atoms with Gasteiger partial charge in [0.2, 0.25) is 5.91 Å². The first kappa shape index (κ1) is 20.1. The minimum absolute atomic E-state index is 0.336. The van der Waals surface area contributed by atoms with Crippen LogP contribution in [0.15, 0.2) is 24.3 Å². The van der Waals surface area contributed by atoms with Gasteiger partial charge in [0.25, 0.3) is 11.8 Å². The Kier molecular flexibility index (Phi) is 4.85. The molecule has 0 radical (unpaired) electrons. The van der Waals surface area contributed by atoms with Crippen LogP contribution in [0, 0.1) is 6.92 Å². The lowest BCUT2D eigenvalue weighted by Gasteiger charge is -2.22. The van der Waals surface area contributed by atoms with E-state index in [1.54, 1.807) is 19.1 Å². The van der Waals surface area contributed by atoms with Gasteiger partial charge < -0.3 is 16.4 Å². The molecule has 8 nitrogen and oxygen atoms in total. The summed E-state index contributed by atoms with van der Waals surface area (Å²) in [6.45, 7) is 3.09. The van der Waals surface area contributed by atoms with Gasteiger partial charge in [-0.15, -0.1) is 11.3 Å². The monoisotopic (exact) mass is 426 g/mol. The predicted molar refractivity (Wildman–Crippen MR) is 112 cm³/mol. The van der Waals surface area contributed by atoms with Crippen LogP contribution in [0.2, 0.25) is 0 Å². The molecule has 1 aliphatic heterocycles. The Hall–Kier alpha value is -3.20. The van der Waals surface area contributed by atoms with Gasteiger partial charge in [-0.05, 0) is 44.2 Å². The zero-order chi connectivity index (χ0) is 21.6. The van der Waals surface area contributed by atoms with E-state index in [1.807, 2.05) is 19.1 Å². The number of thiophene rings is 1. The fraction of sp³-hybridized carbons (Fsp3) is 0.333. The number of hydrogen-bond acceptors (Lipinski definition) is 5. The highest BCUT2D eigenvalue weighted by Crippen LogP contribution is 2.39. The van der Waals surface area contributed by atoms with E-state index in [-0.39, 0.29) is 0 Å². The average molecular weight is 426 g/mol. The first-order chi connectivity index (χ1) is 14.2. The first-order valence-corrected chi connectivity index (χ1v) is 10.5. The second kappa shape index (κ2) is 7.24. The number of fused-ring (bicyclic) bond motifs is 1. The Morgan fingerprint density at radius 2 is 1.93 bits per heavy atom. The number of benzene rings is 1. The molecule has 0 saturated carbocycles. The van der Waals surface area contributed by atoms with Crippen molar-refractivity contribution >= 4 is 40.1 Å². The molecular formula is C21H22N4O4S. The summed E-state index contributed by atoms with van der Waals surface area (Å²) in [5, 5.41) is 5.73. The van der Waals surface area contributed by atoms with E-state index in [4.69, 9.17) is 5.73 Å². The molecule has 4 N–H and O–H groups in total. The van der Waals surface area contributed by atoms with Crippen molar-refractivity contribution in [2.24, 2.45) is 5.73 Å². The smallest absolute Gasteiger partial charge is 0.325 e. The summed E-state index contributed by atoms with van der Waals surface area (Å²) in [5.74, 6) is -1.66. The summed E-state index contributed by atoms with van der Waals surface area (Å²) < 4.78 is 0. The Morgan fingerprint density at radius 1 is 1.23 bits per heavy atom. The maximum absolute atomic E-state index is 13.0. The number of imide groups is 1. The SMILES string of the molecule is Cc1ccc([C@@]2(C)NC(=O)N(CC(=O)Nc3sc4c(c3C(N)=O)CCC4)C2=O)cc1. The number of anilines is 1. The molecule has 2 heterocycles. The highest BCUT2D eigenvalue weighted by atomic mass is 32.1. The third kappa shape index (κ3) is 3.24. The summed E-state index contributed by atoms with van der Waals surface area (Å²) in [6, 6.07) is 6.64. The number of carbonyl (C=O) groups excluding carboxylic acids is 4. The number of primary amides is 1. The molecule has 1 aromatic carbocycles. The van der Waals surface area contributed by atoms with Crippen molar-refractivity contribution in [2.75, 3.05) is 11.9 Å². The fourth-order valence-electron chi connectivity index (χ4n) is 3.99. The summed E-state index contributed by atoms with van der Waals surface area (Å²) in [7, 11) is 0. The summed E-state index contributed by atoms with van der Waals surface area (Å²) in [4.78, 5) is 51.9. The second-order valence-corrected chi connectivity index (χ2v) is 8.89. The molecule has 1 aliphatic carbocycles. The van der Waals surface area contributed by atoms with Crippen molar-refractivity contribution in [1.82, 2.24) is 10.2 Å². The van der Waals surface area contributed by atoms with Gasteiger partial charge in [-0.25, -0.2) is 4.79 Å².